The molecule has 2 aromatic rings. The first-order valence-corrected chi connectivity index (χ1v) is 5.12. The van der Waals surface area contributed by atoms with Crippen LogP contribution in [0.25, 0.3) is 10.8 Å². The number of rotatable bonds is 1. The third kappa shape index (κ3) is 1.70. The Labute approximate surface area is 97.5 Å². The Balaban J connectivity index is 3.05. The Hall–Kier alpha value is -2.15. The van der Waals surface area contributed by atoms with Gasteiger partial charge in [-0.15, -0.1) is 6.42 Å². The fraction of sp³-hybridized carbons (Fsp3) is 0.154. The lowest BCUT2D eigenvalue weighted by molar-refractivity contribution is 0.520. The highest BCUT2D eigenvalue weighted by Gasteiger charge is 2.15. The van der Waals surface area contributed by atoms with Crippen LogP contribution in [0.3, 0.4) is 0 Å². The summed E-state index contributed by atoms with van der Waals surface area (Å²) in [5.74, 6) is 0.363. The maximum absolute atomic E-state index is 13.6. The van der Waals surface area contributed by atoms with Crippen molar-refractivity contribution < 1.29 is 8.78 Å². The molecule has 2 nitrogen and oxygen atoms in total. The van der Waals surface area contributed by atoms with Crippen molar-refractivity contribution in [3.8, 4) is 12.3 Å². The highest BCUT2D eigenvalue weighted by Crippen LogP contribution is 2.28. The molecule has 1 aromatic carbocycles. The lowest BCUT2D eigenvalue weighted by atomic mass is 9.99. The number of fused-ring (bicyclic) bond motifs is 1. The minimum absolute atomic E-state index is 0.0155. The minimum Gasteiger partial charge on any atom is -0.399 e. The summed E-state index contributed by atoms with van der Waals surface area (Å²) in [5.41, 5.74) is 6.77. The number of nitrogen functional groups attached to an aromatic ring is 1. The van der Waals surface area contributed by atoms with E-state index in [9.17, 15) is 8.78 Å². The molecule has 0 saturated carbocycles. The average molecular weight is 232 g/mol. The molecular formula is C13H10F2N2. The third-order valence-corrected chi connectivity index (χ3v) is 2.64. The summed E-state index contributed by atoms with van der Waals surface area (Å²) in [6, 6.07) is 3.08. The zero-order chi connectivity index (χ0) is 12.6. The van der Waals surface area contributed by atoms with Crippen LogP contribution in [0.5, 0.6) is 0 Å². The van der Waals surface area contributed by atoms with Crippen molar-refractivity contribution in [3.63, 3.8) is 0 Å². The summed E-state index contributed by atoms with van der Waals surface area (Å²) in [4.78, 5) is 3.16. The first-order valence-electron chi connectivity index (χ1n) is 5.12. The minimum atomic E-state index is -0.961. The smallest absolute Gasteiger partial charge is 0.231 e. The number of hydrogen-bond donors (Lipinski definition) is 1. The Bertz CT molecular complexity index is 642. The number of aryl methyl sites for hydroxylation is 1. The van der Waals surface area contributed by atoms with Crippen LogP contribution in [0.4, 0.5) is 14.5 Å². The summed E-state index contributed by atoms with van der Waals surface area (Å²) in [6.07, 6.45) is 5.83. The van der Waals surface area contributed by atoms with Gasteiger partial charge in [0.25, 0.3) is 0 Å². The molecule has 0 amide bonds. The molecule has 0 aliphatic rings. The Morgan fingerprint density at radius 1 is 1.35 bits per heavy atom. The summed E-state index contributed by atoms with van der Waals surface area (Å²) < 4.78 is 27.1. The van der Waals surface area contributed by atoms with Crippen molar-refractivity contribution in [2.45, 2.75) is 13.3 Å². The highest BCUT2D eigenvalue weighted by molar-refractivity contribution is 5.93. The normalized spacial score (nSPS) is 10.5. The number of nitrogens with two attached hydrogens (primary N) is 1. The third-order valence-electron chi connectivity index (χ3n) is 2.64. The van der Waals surface area contributed by atoms with Crippen LogP contribution in [0.2, 0.25) is 0 Å². The number of benzene rings is 1. The van der Waals surface area contributed by atoms with Gasteiger partial charge < -0.3 is 5.73 Å². The van der Waals surface area contributed by atoms with Gasteiger partial charge in [-0.1, -0.05) is 12.8 Å². The summed E-state index contributed by atoms with van der Waals surface area (Å²) in [7, 11) is 0. The number of nitrogens with zero attached hydrogens (tertiary/aromatic N) is 1. The maximum Gasteiger partial charge on any atom is 0.231 e. The van der Waals surface area contributed by atoms with Crippen molar-refractivity contribution in [1.29, 1.82) is 0 Å². The molecule has 4 heteroatoms. The number of aromatic nitrogens is 1. The van der Waals surface area contributed by atoms with E-state index in [1.54, 1.807) is 6.07 Å². The van der Waals surface area contributed by atoms with E-state index in [0.717, 1.165) is 0 Å². The molecule has 86 valence electrons. The Morgan fingerprint density at radius 3 is 2.65 bits per heavy atom. The van der Waals surface area contributed by atoms with Gasteiger partial charge in [0.05, 0.1) is 5.56 Å². The lowest BCUT2D eigenvalue weighted by Gasteiger charge is -2.09. The molecule has 0 fully saturated rings. The van der Waals surface area contributed by atoms with Crippen LogP contribution in [0, 0.1) is 24.2 Å². The van der Waals surface area contributed by atoms with E-state index in [1.807, 2.05) is 6.92 Å². The monoisotopic (exact) mass is 232 g/mol. The molecule has 0 aliphatic heterocycles. The van der Waals surface area contributed by atoms with E-state index in [1.165, 1.54) is 6.07 Å². The van der Waals surface area contributed by atoms with Gasteiger partial charge >= 0.3 is 0 Å². The van der Waals surface area contributed by atoms with Gasteiger partial charge in [-0.3, -0.25) is 0 Å². The van der Waals surface area contributed by atoms with Gasteiger partial charge in [0.15, 0.2) is 0 Å². The molecule has 0 radical (unpaired) electrons. The number of anilines is 1. The molecule has 0 atom stereocenters. The predicted octanol–water partition coefficient (Wildman–Crippen LogP) is 2.64. The van der Waals surface area contributed by atoms with Gasteiger partial charge in [-0.25, -0.2) is 0 Å². The average Bonchev–Trinajstić information content (AvgIpc) is 2.29. The molecule has 1 aromatic heterocycles. The van der Waals surface area contributed by atoms with Crippen LogP contribution in [0.1, 0.15) is 18.1 Å². The molecule has 0 spiro atoms. The quantitative estimate of drug-likeness (QED) is 0.466. The van der Waals surface area contributed by atoms with Crippen molar-refractivity contribution >= 4 is 16.5 Å². The molecular weight excluding hydrogens is 222 g/mol. The van der Waals surface area contributed by atoms with E-state index in [-0.39, 0.29) is 10.9 Å². The molecule has 1 heterocycles. The topological polar surface area (TPSA) is 38.9 Å². The van der Waals surface area contributed by atoms with E-state index in [2.05, 4.69) is 10.9 Å². The van der Waals surface area contributed by atoms with Crippen molar-refractivity contribution in [1.82, 2.24) is 4.98 Å². The van der Waals surface area contributed by atoms with Crippen molar-refractivity contribution in [2.24, 2.45) is 0 Å². The van der Waals surface area contributed by atoms with Crippen LogP contribution in [-0.4, -0.2) is 4.98 Å². The second kappa shape index (κ2) is 4.02. The standard InChI is InChI=1S/C13H10F2N2/c1-3-7-5-8(16)6-10-11(7)9(4-2)12(14)17-13(10)15/h2,5-6H,3,16H2,1H3. The fourth-order valence-corrected chi connectivity index (χ4v) is 1.90. The first kappa shape index (κ1) is 11.3. The SMILES string of the molecule is C#Cc1c(F)nc(F)c2cc(N)cc(CC)c12. The Morgan fingerprint density at radius 2 is 2.06 bits per heavy atom. The van der Waals surface area contributed by atoms with Gasteiger partial charge in [0.1, 0.15) is 0 Å². The summed E-state index contributed by atoms with van der Waals surface area (Å²) >= 11 is 0. The zero-order valence-electron chi connectivity index (χ0n) is 9.22. The lowest BCUT2D eigenvalue weighted by Crippen LogP contribution is -2.00. The molecule has 0 unspecified atom stereocenters. The molecule has 2 rings (SSSR count). The maximum atomic E-state index is 13.6. The van der Waals surface area contributed by atoms with Gasteiger partial charge in [0.2, 0.25) is 11.9 Å². The van der Waals surface area contributed by atoms with Crippen LogP contribution < -0.4 is 5.73 Å². The molecule has 17 heavy (non-hydrogen) atoms. The van der Waals surface area contributed by atoms with Crippen molar-refractivity contribution in [3.05, 3.63) is 35.2 Å². The van der Waals surface area contributed by atoms with E-state index in [0.29, 0.717) is 23.1 Å². The van der Waals surface area contributed by atoms with Gasteiger partial charge in [-0.05, 0) is 24.1 Å². The first-order chi connectivity index (χ1) is 8.08. The number of hydrogen-bond acceptors (Lipinski definition) is 2. The second-order valence-electron chi connectivity index (χ2n) is 3.67. The molecule has 0 saturated heterocycles. The van der Waals surface area contributed by atoms with Crippen molar-refractivity contribution in [2.75, 3.05) is 5.73 Å². The van der Waals surface area contributed by atoms with Crippen LogP contribution in [-0.2, 0) is 6.42 Å². The predicted molar refractivity (Wildman–Crippen MR) is 63.4 cm³/mol. The fourth-order valence-electron chi connectivity index (χ4n) is 1.90. The zero-order valence-corrected chi connectivity index (χ0v) is 9.22. The molecule has 2 N–H and O–H groups in total. The number of pyridine rings is 1. The number of halogens is 2. The summed E-state index contributed by atoms with van der Waals surface area (Å²) in [6.45, 7) is 1.87. The molecule has 0 aliphatic carbocycles. The van der Waals surface area contributed by atoms with Gasteiger partial charge in [0, 0.05) is 16.5 Å². The van der Waals surface area contributed by atoms with Crippen LogP contribution in [0.15, 0.2) is 12.1 Å². The molecule has 0 bridgehead atoms. The summed E-state index contributed by atoms with van der Waals surface area (Å²) in [5, 5.41) is 0.547. The van der Waals surface area contributed by atoms with E-state index >= 15 is 0 Å². The van der Waals surface area contributed by atoms with E-state index < -0.39 is 11.9 Å². The second-order valence-corrected chi connectivity index (χ2v) is 3.67. The highest BCUT2D eigenvalue weighted by atomic mass is 19.1. The largest absolute Gasteiger partial charge is 0.399 e. The number of terminal acetylenes is 1. The van der Waals surface area contributed by atoms with Crippen LogP contribution >= 0.6 is 0 Å². The van der Waals surface area contributed by atoms with E-state index in [4.69, 9.17) is 12.2 Å². The van der Waals surface area contributed by atoms with Gasteiger partial charge in [-0.2, -0.15) is 13.8 Å². The Kier molecular flexibility index (Phi) is 2.68.